The summed E-state index contributed by atoms with van der Waals surface area (Å²) in [5.74, 6) is -0.951. The number of hydrogen-bond acceptors (Lipinski definition) is 7. The van der Waals surface area contributed by atoms with Crippen LogP contribution in [0.4, 0.5) is 0 Å². The lowest BCUT2D eigenvalue weighted by atomic mass is 10.1. The second-order valence-corrected chi connectivity index (χ2v) is 5.90. The van der Waals surface area contributed by atoms with E-state index in [0.717, 1.165) is 25.2 Å². The van der Waals surface area contributed by atoms with Crippen molar-refractivity contribution >= 4 is 11.9 Å². The molecule has 1 saturated heterocycles. The Morgan fingerprint density at radius 2 is 2.00 bits per heavy atom. The van der Waals surface area contributed by atoms with Crippen molar-refractivity contribution in [1.82, 2.24) is 21.1 Å². The Hall–Kier alpha value is -2.16. The van der Waals surface area contributed by atoms with Crippen LogP contribution in [0.15, 0.2) is 29.3 Å². The van der Waals surface area contributed by atoms with Crippen LogP contribution in [0, 0.1) is 0 Å². The van der Waals surface area contributed by atoms with E-state index < -0.39 is 5.79 Å². The maximum Gasteiger partial charge on any atom is 0.251 e. The molecule has 0 bridgehead atoms. The number of aliphatic imine (C=N–C) groups is 1. The SMILES string of the molecule is NC1=NC(N)(c2ccc(C(=O)NCCN3CCCC3)cc2)NN1. The van der Waals surface area contributed by atoms with Crippen LogP contribution < -0.4 is 27.6 Å². The van der Waals surface area contributed by atoms with Crippen molar-refractivity contribution in [3.63, 3.8) is 0 Å². The van der Waals surface area contributed by atoms with E-state index in [2.05, 4.69) is 26.1 Å². The largest absolute Gasteiger partial charge is 0.369 e. The predicted octanol–water partition coefficient (Wildman–Crippen LogP) is -0.996. The van der Waals surface area contributed by atoms with Crippen molar-refractivity contribution in [3.05, 3.63) is 35.4 Å². The zero-order chi connectivity index (χ0) is 16.3. The van der Waals surface area contributed by atoms with Gasteiger partial charge in [-0.2, -0.15) is 5.43 Å². The molecule has 3 rings (SSSR count). The zero-order valence-corrected chi connectivity index (χ0v) is 13.0. The number of hydrazine groups is 1. The van der Waals surface area contributed by atoms with Gasteiger partial charge in [0.15, 0.2) is 0 Å². The lowest BCUT2D eigenvalue weighted by Gasteiger charge is -2.20. The quantitative estimate of drug-likeness (QED) is 0.475. The van der Waals surface area contributed by atoms with Gasteiger partial charge in [-0.25, -0.2) is 4.99 Å². The first-order chi connectivity index (χ1) is 11.1. The van der Waals surface area contributed by atoms with Crippen LogP contribution in [0.2, 0.25) is 0 Å². The second kappa shape index (κ2) is 6.53. The lowest BCUT2D eigenvalue weighted by molar-refractivity contribution is 0.0949. The molecule has 1 aromatic carbocycles. The Labute approximate surface area is 135 Å². The average molecular weight is 317 g/mol. The van der Waals surface area contributed by atoms with E-state index >= 15 is 0 Å². The normalized spacial score (nSPS) is 24.3. The van der Waals surface area contributed by atoms with Crippen LogP contribution in [0.5, 0.6) is 0 Å². The monoisotopic (exact) mass is 317 g/mol. The Morgan fingerprint density at radius 1 is 1.30 bits per heavy atom. The van der Waals surface area contributed by atoms with E-state index in [1.165, 1.54) is 12.8 Å². The van der Waals surface area contributed by atoms with Crippen molar-refractivity contribution in [1.29, 1.82) is 0 Å². The molecule has 1 aromatic rings. The molecule has 2 heterocycles. The maximum atomic E-state index is 12.1. The summed E-state index contributed by atoms with van der Waals surface area (Å²) >= 11 is 0. The van der Waals surface area contributed by atoms with E-state index in [9.17, 15) is 4.79 Å². The molecule has 0 aromatic heterocycles. The molecular formula is C15H23N7O. The molecule has 0 aliphatic carbocycles. The van der Waals surface area contributed by atoms with Gasteiger partial charge in [0.05, 0.1) is 0 Å². The molecular weight excluding hydrogens is 294 g/mol. The van der Waals surface area contributed by atoms with Crippen molar-refractivity contribution < 1.29 is 4.79 Å². The number of likely N-dealkylation sites (tertiary alicyclic amines) is 1. The highest BCUT2D eigenvalue weighted by Gasteiger charge is 2.31. The molecule has 1 amide bonds. The molecule has 8 heteroatoms. The standard InChI is InChI=1S/C15H23N7O/c16-14-19-15(17,21-20-14)12-5-3-11(4-6-12)13(23)18-7-10-22-8-1-2-9-22/h3-6,21H,1-2,7-10,17H2,(H,18,23)(H3,16,19,20). The first kappa shape index (κ1) is 15.7. The number of nitrogens with zero attached hydrogens (tertiary/aromatic N) is 2. The van der Waals surface area contributed by atoms with Crippen molar-refractivity contribution in [2.24, 2.45) is 16.5 Å². The number of nitrogens with two attached hydrogens (primary N) is 2. The van der Waals surface area contributed by atoms with E-state index in [1.54, 1.807) is 24.3 Å². The van der Waals surface area contributed by atoms with Gasteiger partial charge in [-0.05, 0) is 38.1 Å². The van der Waals surface area contributed by atoms with E-state index in [-0.39, 0.29) is 11.9 Å². The van der Waals surface area contributed by atoms with Gasteiger partial charge in [0.1, 0.15) is 0 Å². The summed E-state index contributed by atoms with van der Waals surface area (Å²) in [4.78, 5) is 18.6. The van der Waals surface area contributed by atoms with Crippen LogP contribution in [-0.4, -0.2) is 42.9 Å². The molecule has 2 aliphatic rings. The van der Waals surface area contributed by atoms with E-state index in [1.807, 2.05) is 0 Å². The number of rotatable bonds is 5. The number of nitrogens with one attached hydrogen (secondary N) is 3. The summed E-state index contributed by atoms with van der Waals surface area (Å²) < 4.78 is 0. The van der Waals surface area contributed by atoms with Gasteiger partial charge in [0, 0.05) is 24.2 Å². The highest BCUT2D eigenvalue weighted by Crippen LogP contribution is 2.19. The number of amides is 1. The molecule has 0 spiro atoms. The first-order valence-electron chi connectivity index (χ1n) is 7.85. The van der Waals surface area contributed by atoms with Gasteiger partial charge < -0.3 is 16.0 Å². The minimum absolute atomic E-state index is 0.0812. The third-order valence-electron chi connectivity index (χ3n) is 4.18. The molecule has 23 heavy (non-hydrogen) atoms. The molecule has 7 N–H and O–H groups in total. The molecule has 124 valence electrons. The van der Waals surface area contributed by atoms with Gasteiger partial charge in [-0.1, -0.05) is 12.1 Å². The number of hydrogen-bond donors (Lipinski definition) is 5. The molecule has 1 atom stereocenters. The Kier molecular flexibility index (Phi) is 4.46. The van der Waals surface area contributed by atoms with Crippen LogP contribution in [0.3, 0.4) is 0 Å². The number of benzene rings is 1. The fraction of sp³-hybridized carbons (Fsp3) is 0.467. The van der Waals surface area contributed by atoms with Gasteiger partial charge >= 0.3 is 0 Å². The minimum atomic E-state index is -1.10. The predicted molar refractivity (Wildman–Crippen MR) is 88.2 cm³/mol. The Bertz CT molecular complexity index is 594. The Balaban J connectivity index is 1.55. The summed E-state index contributed by atoms with van der Waals surface area (Å²) in [5.41, 5.74) is 18.5. The third-order valence-corrected chi connectivity index (χ3v) is 4.18. The maximum absolute atomic E-state index is 12.1. The van der Waals surface area contributed by atoms with E-state index in [0.29, 0.717) is 12.1 Å². The fourth-order valence-corrected chi connectivity index (χ4v) is 2.85. The molecule has 0 radical (unpaired) electrons. The van der Waals surface area contributed by atoms with Crippen LogP contribution >= 0.6 is 0 Å². The number of guanidine groups is 1. The Morgan fingerprint density at radius 3 is 2.61 bits per heavy atom. The van der Waals surface area contributed by atoms with E-state index in [4.69, 9.17) is 11.5 Å². The molecule has 8 nitrogen and oxygen atoms in total. The minimum Gasteiger partial charge on any atom is -0.369 e. The van der Waals surface area contributed by atoms with Gasteiger partial charge in [-0.3, -0.25) is 16.0 Å². The summed E-state index contributed by atoms with van der Waals surface area (Å²) in [5, 5.41) is 2.94. The van der Waals surface area contributed by atoms with Crippen LogP contribution in [-0.2, 0) is 5.79 Å². The third kappa shape index (κ3) is 3.61. The van der Waals surface area contributed by atoms with Crippen molar-refractivity contribution in [2.45, 2.75) is 18.6 Å². The highest BCUT2D eigenvalue weighted by atomic mass is 16.1. The smallest absolute Gasteiger partial charge is 0.251 e. The van der Waals surface area contributed by atoms with Gasteiger partial charge in [0.25, 0.3) is 5.91 Å². The van der Waals surface area contributed by atoms with Gasteiger partial charge in [-0.15, -0.1) is 0 Å². The van der Waals surface area contributed by atoms with Crippen LogP contribution in [0.1, 0.15) is 28.8 Å². The molecule has 0 saturated carbocycles. The van der Waals surface area contributed by atoms with Crippen LogP contribution in [0.25, 0.3) is 0 Å². The summed E-state index contributed by atoms with van der Waals surface area (Å²) in [6.45, 7) is 3.83. The first-order valence-corrected chi connectivity index (χ1v) is 7.85. The summed E-state index contributed by atoms with van der Waals surface area (Å²) in [7, 11) is 0. The zero-order valence-electron chi connectivity index (χ0n) is 13.0. The highest BCUT2D eigenvalue weighted by molar-refractivity contribution is 5.94. The summed E-state index contributed by atoms with van der Waals surface area (Å²) in [6, 6.07) is 7.01. The lowest BCUT2D eigenvalue weighted by Crippen LogP contribution is -2.50. The topological polar surface area (TPSA) is 121 Å². The second-order valence-electron chi connectivity index (χ2n) is 5.90. The number of carbonyl (C=O) groups is 1. The molecule has 2 aliphatic heterocycles. The summed E-state index contributed by atoms with van der Waals surface area (Å²) in [6.07, 6.45) is 2.51. The number of carbonyl (C=O) groups excluding carboxylic acids is 1. The van der Waals surface area contributed by atoms with Crippen molar-refractivity contribution in [2.75, 3.05) is 26.2 Å². The average Bonchev–Trinajstić information content (AvgIpc) is 3.18. The van der Waals surface area contributed by atoms with Crippen molar-refractivity contribution in [3.8, 4) is 0 Å². The van der Waals surface area contributed by atoms with Gasteiger partial charge in [0.2, 0.25) is 11.7 Å². The molecule has 1 unspecified atom stereocenters. The molecule has 1 fully saturated rings. The fourth-order valence-electron chi connectivity index (χ4n) is 2.85.